The molecule has 1 amide bonds. The highest BCUT2D eigenvalue weighted by molar-refractivity contribution is 5.80. The van der Waals surface area contributed by atoms with Crippen molar-refractivity contribution in [1.29, 1.82) is 0 Å². The van der Waals surface area contributed by atoms with Crippen molar-refractivity contribution in [3.05, 3.63) is 12.2 Å². The predicted octanol–water partition coefficient (Wildman–Crippen LogP) is 18.0. The predicted molar refractivity (Wildman–Crippen MR) is 293 cm³/mol. The van der Waals surface area contributed by atoms with E-state index in [2.05, 4.69) is 31.3 Å². The smallest absolute Gasteiger partial charge is 0.249 e. The van der Waals surface area contributed by atoms with Gasteiger partial charge in [0.2, 0.25) is 5.91 Å². The molecule has 6 nitrogen and oxygen atoms in total. The van der Waals surface area contributed by atoms with Gasteiger partial charge >= 0.3 is 0 Å². The van der Waals surface area contributed by atoms with Crippen molar-refractivity contribution in [3.63, 3.8) is 0 Å². The molecule has 0 aliphatic carbocycles. The number of hydrogen-bond acceptors (Lipinski definition) is 5. The van der Waals surface area contributed by atoms with E-state index < -0.39 is 36.9 Å². The Hall–Kier alpha value is -0.950. The van der Waals surface area contributed by atoms with Crippen LogP contribution in [0, 0.1) is 0 Å². The molecule has 0 radical (unpaired) electrons. The third-order valence-electron chi connectivity index (χ3n) is 14.7. The maximum Gasteiger partial charge on any atom is 0.249 e. The summed E-state index contributed by atoms with van der Waals surface area (Å²) in [6.07, 6.45) is 67.3. The summed E-state index contributed by atoms with van der Waals surface area (Å²) in [7, 11) is 0. The van der Waals surface area contributed by atoms with E-state index >= 15 is 0 Å². The first-order chi connectivity index (χ1) is 33.0. The third kappa shape index (κ3) is 49.8. The van der Waals surface area contributed by atoms with Gasteiger partial charge in [0.15, 0.2) is 0 Å². The van der Waals surface area contributed by atoms with Gasteiger partial charge in [0.25, 0.3) is 0 Å². The minimum Gasteiger partial charge on any atom is -0.394 e. The summed E-state index contributed by atoms with van der Waals surface area (Å²) >= 11 is 0. The molecule has 400 valence electrons. The number of aliphatic hydroxyl groups excluding tert-OH is 4. The highest BCUT2D eigenvalue weighted by Crippen LogP contribution is 2.19. The first-order valence-corrected chi connectivity index (χ1v) is 30.6. The second kappa shape index (κ2) is 56.0. The Kier molecular flexibility index (Phi) is 55.2. The highest BCUT2D eigenvalue weighted by Gasteiger charge is 2.28. The lowest BCUT2D eigenvalue weighted by Gasteiger charge is -2.27. The van der Waals surface area contributed by atoms with Gasteiger partial charge in [-0.15, -0.1) is 0 Å². The molecule has 0 heterocycles. The van der Waals surface area contributed by atoms with Crippen molar-refractivity contribution < 1.29 is 25.2 Å². The summed E-state index contributed by atoms with van der Waals surface area (Å²) in [5.41, 5.74) is 0. The molecule has 4 unspecified atom stereocenters. The van der Waals surface area contributed by atoms with Crippen LogP contribution in [0.25, 0.3) is 0 Å². The SMILES string of the molecule is CCCCCCCCCCCCCCCCCC/C=C/CCCC(O)C(O)C(CO)NC(=O)C(O)CCCCCCCCCCCCCCCCCCCCCCCCCCCCCCCC. The normalized spacial score (nSPS) is 13.7. The Morgan fingerprint density at radius 2 is 0.612 bits per heavy atom. The molecule has 0 bridgehead atoms. The number of amides is 1. The summed E-state index contributed by atoms with van der Waals surface area (Å²) < 4.78 is 0. The van der Waals surface area contributed by atoms with Gasteiger partial charge in [-0.2, -0.15) is 0 Å². The Bertz CT molecular complexity index is 975. The minimum atomic E-state index is -1.28. The van der Waals surface area contributed by atoms with Crippen LogP contribution in [0.3, 0.4) is 0 Å². The minimum absolute atomic E-state index is 0.369. The van der Waals surface area contributed by atoms with Gasteiger partial charge in [-0.05, 0) is 38.5 Å². The summed E-state index contributed by atoms with van der Waals surface area (Å²) in [4.78, 5) is 12.6. The molecule has 0 aliphatic heterocycles. The lowest BCUT2D eigenvalue weighted by Crippen LogP contribution is -2.53. The second-order valence-corrected chi connectivity index (χ2v) is 21.4. The van der Waals surface area contributed by atoms with Crippen LogP contribution in [0.1, 0.15) is 341 Å². The van der Waals surface area contributed by atoms with Crippen LogP contribution in [0.15, 0.2) is 12.2 Å². The summed E-state index contributed by atoms with van der Waals surface area (Å²) in [5, 5.41) is 44.0. The number of allylic oxidation sites excluding steroid dienone is 2. The number of carbonyl (C=O) groups is 1. The van der Waals surface area contributed by atoms with Gasteiger partial charge < -0.3 is 25.7 Å². The number of unbranched alkanes of at least 4 members (excludes halogenated alkanes) is 46. The number of aliphatic hydroxyl groups is 4. The van der Waals surface area contributed by atoms with E-state index in [1.165, 1.54) is 276 Å². The van der Waals surface area contributed by atoms with Crippen LogP contribution in [0.2, 0.25) is 0 Å². The van der Waals surface area contributed by atoms with Crippen LogP contribution < -0.4 is 5.32 Å². The molecule has 0 rings (SSSR count). The molecular weight excluding hydrogens is 827 g/mol. The molecule has 6 heteroatoms. The van der Waals surface area contributed by atoms with Crippen molar-refractivity contribution in [1.82, 2.24) is 5.32 Å². The average molecular weight is 949 g/mol. The molecule has 67 heavy (non-hydrogen) atoms. The summed E-state index contributed by atoms with van der Waals surface area (Å²) in [6, 6.07) is -0.999. The highest BCUT2D eigenvalue weighted by atomic mass is 16.3. The Labute approximate surface area is 419 Å². The largest absolute Gasteiger partial charge is 0.394 e. The Balaban J connectivity index is 3.57. The first kappa shape index (κ1) is 66.0. The van der Waals surface area contributed by atoms with Gasteiger partial charge in [-0.3, -0.25) is 4.79 Å². The van der Waals surface area contributed by atoms with Gasteiger partial charge in [-0.1, -0.05) is 315 Å². The van der Waals surface area contributed by atoms with Crippen molar-refractivity contribution in [3.8, 4) is 0 Å². The fourth-order valence-electron chi connectivity index (χ4n) is 9.94. The molecule has 0 fully saturated rings. The molecular formula is C61H121NO5. The zero-order chi connectivity index (χ0) is 48.8. The number of nitrogens with one attached hydrogen (secondary N) is 1. The first-order valence-electron chi connectivity index (χ1n) is 30.6. The van der Waals surface area contributed by atoms with Crippen molar-refractivity contribution in [2.45, 2.75) is 366 Å². The van der Waals surface area contributed by atoms with Gasteiger partial charge in [0.05, 0.1) is 18.8 Å². The zero-order valence-electron chi connectivity index (χ0n) is 45.4. The van der Waals surface area contributed by atoms with E-state index in [1.54, 1.807) is 0 Å². The molecule has 5 N–H and O–H groups in total. The Morgan fingerprint density at radius 3 is 0.896 bits per heavy atom. The lowest BCUT2D eigenvalue weighted by atomic mass is 10.00. The quantitative estimate of drug-likeness (QED) is 0.0308. The van der Waals surface area contributed by atoms with Crippen LogP contribution in [-0.2, 0) is 4.79 Å². The van der Waals surface area contributed by atoms with Gasteiger partial charge in [-0.25, -0.2) is 0 Å². The number of hydrogen-bond donors (Lipinski definition) is 5. The van der Waals surface area contributed by atoms with Gasteiger partial charge in [0.1, 0.15) is 12.2 Å². The molecule has 0 aromatic rings. The Morgan fingerprint density at radius 1 is 0.358 bits per heavy atom. The van der Waals surface area contributed by atoms with Crippen molar-refractivity contribution in [2.24, 2.45) is 0 Å². The zero-order valence-corrected chi connectivity index (χ0v) is 45.4. The van der Waals surface area contributed by atoms with Crippen LogP contribution in [0.4, 0.5) is 0 Å². The maximum absolute atomic E-state index is 12.6. The topological polar surface area (TPSA) is 110 Å². The molecule has 0 saturated heterocycles. The van der Waals surface area contributed by atoms with E-state index in [9.17, 15) is 25.2 Å². The fraction of sp³-hybridized carbons (Fsp3) is 0.951. The maximum atomic E-state index is 12.6. The lowest BCUT2D eigenvalue weighted by molar-refractivity contribution is -0.132. The number of rotatable bonds is 57. The van der Waals surface area contributed by atoms with E-state index in [-0.39, 0.29) is 0 Å². The van der Waals surface area contributed by atoms with Crippen LogP contribution in [-0.4, -0.2) is 57.3 Å². The second-order valence-electron chi connectivity index (χ2n) is 21.4. The van der Waals surface area contributed by atoms with E-state index in [1.807, 2.05) is 0 Å². The van der Waals surface area contributed by atoms with Crippen molar-refractivity contribution >= 4 is 5.91 Å². The van der Waals surface area contributed by atoms with E-state index in [4.69, 9.17) is 0 Å². The van der Waals surface area contributed by atoms with E-state index in [0.717, 1.165) is 38.5 Å². The summed E-state index contributed by atoms with van der Waals surface area (Å²) in [6.45, 7) is 4.09. The third-order valence-corrected chi connectivity index (χ3v) is 14.7. The van der Waals surface area contributed by atoms with Crippen LogP contribution >= 0.6 is 0 Å². The number of carbonyl (C=O) groups excluding carboxylic acids is 1. The standard InChI is InChI=1S/C61H121NO5/c1-3-5-7-9-11-13-15-17-19-21-23-25-26-27-28-29-30-31-32-33-35-37-39-41-43-45-47-49-51-53-55-59(65)61(67)62-57(56-63)60(66)58(64)54-52-50-48-46-44-42-40-38-36-34-24-22-20-18-16-14-12-10-8-6-4-2/h46,48,57-60,63-66H,3-45,47,49-56H2,1-2H3,(H,62,67)/b48-46+. The molecule has 0 spiro atoms. The molecule has 4 atom stereocenters. The molecule has 0 aliphatic rings. The molecule has 0 aromatic carbocycles. The van der Waals surface area contributed by atoms with E-state index in [0.29, 0.717) is 12.8 Å². The monoisotopic (exact) mass is 948 g/mol. The molecule has 0 saturated carbocycles. The van der Waals surface area contributed by atoms with Crippen LogP contribution in [0.5, 0.6) is 0 Å². The average Bonchev–Trinajstić information content (AvgIpc) is 3.33. The van der Waals surface area contributed by atoms with Gasteiger partial charge in [0, 0.05) is 0 Å². The fourth-order valence-corrected chi connectivity index (χ4v) is 9.94. The summed E-state index contributed by atoms with van der Waals surface area (Å²) in [5.74, 6) is -0.585. The van der Waals surface area contributed by atoms with Crippen molar-refractivity contribution in [2.75, 3.05) is 6.61 Å². The molecule has 0 aromatic heterocycles.